The van der Waals surface area contributed by atoms with Crippen LogP contribution in [-0.4, -0.2) is 4.98 Å². The molecule has 0 fully saturated rings. The third-order valence-corrected chi connectivity index (χ3v) is 2.51. The van der Waals surface area contributed by atoms with Crippen molar-refractivity contribution in [2.75, 3.05) is 0 Å². The maximum Gasteiger partial charge on any atom is 0.265 e. The van der Waals surface area contributed by atoms with Crippen molar-refractivity contribution in [3.05, 3.63) is 26.8 Å². The van der Waals surface area contributed by atoms with Gasteiger partial charge in [-0.15, -0.1) is 0 Å². The van der Waals surface area contributed by atoms with Crippen molar-refractivity contribution in [3.63, 3.8) is 0 Å². The summed E-state index contributed by atoms with van der Waals surface area (Å²) in [5, 5.41) is 0. The number of halogens is 4. The summed E-state index contributed by atoms with van der Waals surface area (Å²) in [5.74, 6) is -0.890. The number of rotatable bonds is 2. The zero-order chi connectivity index (χ0) is 10.0. The molecule has 0 spiro atoms. The summed E-state index contributed by atoms with van der Waals surface area (Å²) in [5.41, 5.74) is 4.94. The molecule has 0 aromatic carbocycles. The van der Waals surface area contributed by atoms with E-state index in [0.29, 0.717) is 0 Å². The van der Waals surface area contributed by atoms with Crippen molar-refractivity contribution in [2.45, 2.75) is 13.0 Å². The van der Waals surface area contributed by atoms with Crippen LogP contribution < -0.4 is 5.73 Å². The lowest BCUT2D eigenvalue weighted by atomic mass is 10.2. The molecule has 13 heavy (non-hydrogen) atoms. The second kappa shape index (κ2) is 4.23. The van der Waals surface area contributed by atoms with Gasteiger partial charge in [0.1, 0.15) is 0 Å². The zero-order valence-electron chi connectivity index (χ0n) is 6.40. The van der Waals surface area contributed by atoms with Gasteiger partial charge in [-0.05, 0) is 28.7 Å². The number of pyridine rings is 1. The van der Waals surface area contributed by atoms with Gasteiger partial charge < -0.3 is 5.73 Å². The molecule has 0 atom stereocenters. The fourth-order valence-electron chi connectivity index (χ4n) is 0.833. The van der Waals surface area contributed by atoms with Gasteiger partial charge in [0.15, 0.2) is 0 Å². The fourth-order valence-corrected chi connectivity index (χ4v) is 1.34. The second-order valence-corrected chi connectivity index (χ2v) is 3.39. The van der Waals surface area contributed by atoms with E-state index in [4.69, 9.17) is 5.73 Å². The molecule has 1 aromatic heterocycles. The average Bonchev–Trinajstić information content (AvgIpc) is 2.09. The largest absolute Gasteiger partial charge is 0.325 e. The smallest absolute Gasteiger partial charge is 0.265 e. The predicted octanol–water partition coefficient (Wildman–Crippen LogP) is 2.22. The Morgan fingerprint density at radius 3 is 2.62 bits per heavy atom. The summed E-state index contributed by atoms with van der Waals surface area (Å²) in [7, 11) is 0. The molecule has 2 N–H and O–H groups in total. The van der Waals surface area contributed by atoms with Crippen molar-refractivity contribution in [1.82, 2.24) is 4.98 Å². The van der Waals surface area contributed by atoms with Crippen LogP contribution in [0.5, 0.6) is 0 Å². The molecule has 2 nitrogen and oxygen atoms in total. The Bertz CT molecular complexity index is 317. The topological polar surface area (TPSA) is 38.9 Å². The number of nitrogens with zero attached hydrogens (tertiary/aromatic N) is 1. The van der Waals surface area contributed by atoms with Gasteiger partial charge in [0.05, 0.1) is 9.26 Å². The molecule has 1 heterocycles. The molecule has 6 heteroatoms. The number of hydrogen-bond acceptors (Lipinski definition) is 2. The highest BCUT2D eigenvalue weighted by Crippen LogP contribution is 2.26. The summed E-state index contributed by atoms with van der Waals surface area (Å²) in [6, 6.07) is 1.12. The summed E-state index contributed by atoms with van der Waals surface area (Å²) in [6.45, 7) is -0.0481. The average molecular weight is 302 g/mol. The molecule has 0 saturated carbocycles. The molecule has 1 aromatic rings. The maximum atomic E-state index is 12.9. The second-order valence-electron chi connectivity index (χ2n) is 2.31. The maximum absolute atomic E-state index is 12.9. The third-order valence-electron chi connectivity index (χ3n) is 1.44. The van der Waals surface area contributed by atoms with Gasteiger partial charge >= 0.3 is 0 Å². The van der Waals surface area contributed by atoms with E-state index in [1.165, 1.54) is 22.6 Å². The molecule has 0 radical (unpaired) electrons. The summed E-state index contributed by atoms with van der Waals surface area (Å²) < 4.78 is 37.3. The molecule has 0 aliphatic carbocycles. The van der Waals surface area contributed by atoms with Crippen LogP contribution in [0.4, 0.5) is 13.2 Å². The number of nitrogens with two attached hydrogens (primary N) is 1. The Balaban J connectivity index is 3.25. The van der Waals surface area contributed by atoms with Gasteiger partial charge in [-0.3, -0.25) is 0 Å². The standard InChI is InChI=1S/C7H6F3IN2/c8-6(9)4-1-3(2-12)13-7(10)5(4)11/h1,6H,2,12H2. The van der Waals surface area contributed by atoms with E-state index in [9.17, 15) is 13.2 Å². The van der Waals surface area contributed by atoms with Crippen molar-refractivity contribution < 1.29 is 13.2 Å². The van der Waals surface area contributed by atoms with E-state index < -0.39 is 12.4 Å². The summed E-state index contributed by atoms with van der Waals surface area (Å²) in [6.07, 6.45) is -2.70. The monoisotopic (exact) mass is 302 g/mol. The lowest BCUT2D eigenvalue weighted by Crippen LogP contribution is -2.05. The van der Waals surface area contributed by atoms with Gasteiger partial charge in [0, 0.05) is 12.1 Å². The predicted molar refractivity (Wildman–Crippen MR) is 49.8 cm³/mol. The van der Waals surface area contributed by atoms with Crippen LogP contribution >= 0.6 is 22.6 Å². The third kappa shape index (κ3) is 2.31. The van der Waals surface area contributed by atoms with Crippen molar-refractivity contribution in [1.29, 1.82) is 0 Å². The van der Waals surface area contributed by atoms with Gasteiger partial charge in [-0.2, -0.15) is 4.39 Å². The van der Waals surface area contributed by atoms with Gasteiger partial charge in [-0.1, -0.05) is 0 Å². The Hall–Kier alpha value is -0.370. The highest BCUT2D eigenvalue weighted by Gasteiger charge is 2.16. The molecule has 0 aliphatic rings. The Kier molecular flexibility index (Phi) is 3.48. The number of aromatic nitrogens is 1. The van der Waals surface area contributed by atoms with Gasteiger partial charge in [0.2, 0.25) is 5.95 Å². The van der Waals surface area contributed by atoms with E-state index >= 15 is 0 Å². The number of alkyl halides is 2. The minimum absolute atomic E-state index is 0.0481. The first kappa shape index (κ1) is 10.7. The Labute approximate surface area is 86.5 Å². The highest BCUT2D eigenvalue weighted by atomic mass is 127. The lowest BCUT2D eigenvalue weighted by molar-refractivity contribution is 0.149. The molecule has 1 rings (SSSR count). The quantitative estimate of drug-likeness (QED) is 0.672. The van der Waals surface area contributed by atoms with Crippen LogP contribution in [0.3, 0.4) is 0 Å². The molecule has 72 valence electrons. The number of hydrogen-bond donors (Lipinski definition) is 1. The molecule has 0 amide bonds. The molecular formula is C7H6F3IN2. The Morgan fingerprint density at radius 2 is 2.15 bits per heavy atom. The summed E-state index contributed by atoms with van der Waals surface area (Å²) in [4.78, 5) is 3.40. The van der Waals surface area contributed by atoms with Crippen LogP contribution in [-0.2, 0) is 6.54 Å². The van der Waals surface area contributed by atoms with E-state index in [-0.39, 0.29) is 21.4 Å². The first-order valence-electron chi connectivity index (χ1n) is 3.39. The SMILES string of the molecule is NCc1cc(C(F)F)c(I)c(F)n1. The van der Waals surface area contributed by atoms with E-state index in [1.807, 2.05) is 0 Å². The fraction of sp³-hybridized carbons (Fsp3) is 0.286. The molecule has 0 saturated heterocycles. The van der Waals surface area contributed by atoms with Crippen molar-refractivity contribution in [3.8, 4) is 0 Å². The molecule has 0 bridgehead atoms. The van der Waals surface area contributed by atoms with E-state index in [2.05, 4.69) is 4.98 Å². The minimum Gasteiger partial charge on any atom is -0.325 e. The van der Waals surface area contributed by atoms with E-state index in [1.54, 1.807) is 0 Å². The summed E-state index contributed by atoms with van der Waals surface area (Å²) >= 11 is 1.49. The molecule has 0 unspecified atom stereocenters. The molecular weight excluding hydrogens is 296 g/mol. The van der Waals surface area contributed by atoms with Crippen LogP contribution in [0.25, 0.3) is 0 Å². The van der Waals surface area contributed by atoms with Gasteiger partial charge in [-0.25, -0.2) is 13.8 Å². The normalized spacial score (nSPS) is 10.9. The van der Waals surface area contributed by atoms with Crippen LogP contribution in [0, 0.1) is 9.52 Å². The van der Waals surface area contributed by atoms with Crippen LogP contribution in [0.15, 0.2) is 6.07 Å². The van der Waals surface area contributed by atoms with Crippen LogP contribution in [0.1, 0.15) is 17.7 Å². The lowest BCUT2D eigenvalue weighted by Gasteiger charge is -2.05. The van der Waals surface area contributed by atoms with Crippen LogP contribution in [0.2, 0.25) is 0 Å². The van der Waals surface area contributed by atoms with E-state index in [0.717, 1.165) is 6.07 Å². The first-order chi connectivity index (χ1) is 6.06. The van der Waals surface area contributed by atoms with Crippen molar-refractivity contribution in [2.24, 2.45) is 5.73 Å². The minimum atomic E-state index is -2.70. The highest BCUT2D eigenvalue weighted by molar-refractivity contribution is 14.1. The zero-order valence-corrected chi connectivity index (χ0v) is 8.56. The van der Waals surface area contributed by atoms with Gasteiger partial charge in [0.25, 0.3) is 6.43 Å². The first-order valence-corrected chi connectivity index (χ1v) is 4.47. The Morgan fingerprint density at radius 1 is 1.54 bits per heavy atom. The molecule has 0 aliphatic heterocycles. The van der Waals surface area contributed by atoms with Crippen molar-refractivity contribution >= 4 is 22.6 Å².